The molecule has 2 rings (SSSR count). The third-order valence-electron chi connectivity index (χ3n) is 3.85. The zero-order valence-corrected chi connectivity index (χ0v) is 15.3. The van der Waals surface area contributed by atoms with Crippen LogP contribution in [0.2, 0.25) is 0 Å². The van der Waals surface area contributed by atoms with Crippen LogP contribution in [0.4, 0.5) is 5.69 Å². The largest absolute Gasteiger partial charge is 0.497 e. The van der Waals surface area contributed by atoms with Crippen molar-refractivity contribution < 1.29 is 19.1 Å². The van der Waals surface area contributed by atoms with Gasteiger partial charge in [-0.15, -0.1) is 0 Å². The Kier molecular flexibility index (Phi) is 7.02. The summed E-state index contributed by atoms with van der Waals surface area (Å²) >= 11 is 0. The van der Waals surface area contributed by atoms with E-state index in [4.69, 9.17) is 9.47 Å². The van der Waals surface area contributed by atoms with Gasteiger partial charge in [0, 0.05) is 6.42 Å². The molecule has 0 fully saturated rings. The highest BCUT2D eigenvalue weighted by molar-refractivity contribution is 5.95. The van der Waals surface area contributed by atoms with Crippen LogP contribution in [0, 0.1) is 6.92 Å². The maximum atomic E-state index is 12.1. The molecule has 0 atom stereocenters. The lowest BCUT2D eigenvalue weighted by Crippen LogP contribution is -2.33. The Labute approximate surface area is 153 Å². The molecule has 0 radical (unpaired) electrons. The topological polar surface area (TPSA) is 76.7 Å². The fourth-order valence-electron chi connectivity index (χ4n) is 2.47. The highest BCUT2D eigenvalue weighted by Crippen LogP contribution is 2.24. The minimum atomic E-state index is -0.302. The molecule has 2 N–H and O–H groups in total. The molecule has 0 aliphatic rings. The monoisotopic (exact) mass is 356 g/mol. The van der Waals surface area contributed by atoms with Crippen LogP contribution in [0.25, 0.3) is 0 Å². The zero-order valence-electron chi connectivity index (χ0n) is 15.3. The summed E-state index contributed by atoms with van der Waals surface area (Å²) in [5.74, 6) is 0.852. The number of rotatable bonds is 8. The number of carbonyl (C=O) groups is 2. The van der Waals surface area contributed by atoms with Gasteiger partial charge in [0.1, 0.15) is 11.5 Å². The summed E-state index contributed by atoms with van der Waals surface area (Å²) in [5, 5.41) is 5.38. The molecule has 0 saturated heterocycles. The second-order valence-electron chi connectivity index (χ2n) is 5.88. The smallest absolute Gasteiger partial charge is 0.243 e. The quantitative estimate of drug-likeness (QED) is 0.762. The van der Waals surface area contributed by atoms with Crippen molar-refractivity contribution >= 4 is 17.5 Å². The highest BCUT2D eigenvalue weighted by atomic mass is 16.5. The maximum absolute atomic E-state index is 12.1. The summed E-state index contributed by atoms with van der Waals surface area (Å²) in [6, 6.07) is 13.1. The van der Waals surface area contributed by atoms with Gasteiger partial charge in [-0.2, -0.15) is 0 Å². The summed E-state index contributed by atoms with van der Waals surface area (Å²) in [5.41, 5.74) is 2.60. The van der Waals surface area contributed by atoms with Crippen LogP contribution in [0.1, 0.15) is 17.5 Å². The second kappa shape index (κ2) is 9.46. The van der Waals surface area contributed by atoms with E-state index in [9.17, 15) is 9.59 Å². The van der Waals surface area contributed by atoms with E-state index in [1.54, 1.807) is 20.3 Å². The van der Waals surface area contributed by atoms with Crippen LogP contribution in [0.15, 0.2) is 42.5 Å². The van der Waals surface area contributed by atoms with Crippen LogP contribution in [0.5, 0.6) is 11.5 Å². The van der Waals surface area contributed by atoms with Crippen molar-refractivity contribution in [1.29, 1.82) is 0 Å². The third kappa shape index (κ3) is 5.81. The van der Waals surface area contributed by atoms with Crippen LogP contribution in [-0.2, 0) is 16.0 Å². The minimum Gasteiger partial charge on any atom is -0.497 e. The lowest BCUT2D eigenvalue weighted by Gasteiger charge is -2.11. The number of anilines is 1. The van der Waals surface area contributed by atoms with Crippen LogP contribution in [-0.4, -0.2) is 32.6 Å². The van der Waals surface area contributed by atoms with E-state index in [0.717, 1.165) is 16.9 Å². The Morgan fingerprint density at radius 2 is 1.81 bits per heavy atom. The summed E-state index contributed by atoms with van der Waals surface area (Å²) in [6.07, 6.45) is 0.880. The molecule has 6 nitrogen and oxygen atoms in total. The minimum absolute atomic E-state index is 0.0892. The van der Waals surface area contributed by atoms with Crippen LogP contribution >= 0.6 is 0 Å². The fourth-order valence-corrected chi connectivity index (χ4v) is 2.47. The fraction of sp³-hybridized carbons (Fsp3) is 0.300. The Bertz CT molecular complexity index is 774. The Hall–Kier alpha value is -3.02. The number of methoxy groups -OCH3 is 2. The average molecular weight is 356 g/mol. The summed E-state index contributed by atoms with van der Waals surface area (Å²) in [6.45, 7) is 1.84. The summed E-state index contributed by atoms with van der Waals surface area (Å²) in [7, 11) is 3.15. The van der Waals surface area contributed by atoms with Crippen LogP contribution < -0.4 is 20.1 Å². The Morgan fingerprint density at radius 1 is 1.00 bits per heavy atom. The van der Waals surface area contributed by atoms with Crippen molar-refractivity contribution in [2.24, 2.45) is 0 Å². The molecule has 0 aliphatic carbocycles. The van der Waals surface area contributed by atoms with Gasteiger partial charge >= 0.3 is 0 Å². The second-order valence-corrected chi connectivity index (χ2v) is 5.88. The molecular formula is C20H24N2O4. The molecule has 0 bridgehead atoms. The first kappa shape index (κ1) is 19.3. The molecular weight excluding hydrogens is 332 g/mol. The predicted molar refractivity (Wildman–Crippen MR) is 101 cm³/mol. The molecule has 2 amide bonds. The zero-order chi connectivity index (χ0) is 18.9. The van der Waals surface area contributed by atoms with E-state index in [2.05, 4.69) is 10.6 Å². The number of ether oxygens (including phenoxy) is 2. The van der Waals surface area contributed by atoms with Gasteiger partial charge in [-0.3, -0.25) is 9.59 Å². The Morgan fingerprint density at radius 3 is 2.54 bits per heavy atom. The van der Waals surface area contributed by atoms with E-state index in [0.29, 0.717) is 24.3 Å². The first-order valence-electron chi connectivity index (χ1n) is 8.36. The number of aryl methyl sites for hydroxylation is 2. The van der Waals surface area contributed by atoms with Gasteiger partial charge in [-0.25, -0.2) is 0 Å². The van der Waals surface area contributed by atoms with E-state index in [1.165, 1.54) is 0 Å². The van der Waals surface area contributed by atoms with Crippen molar-refractivity contribution in [1.82, 2.24) is 5.32 Å². The van der Waals surface area contributed by atoms with E-state index >= 15 is 0 Å². The van der Waals surface area contributed by atoms with Gasteiger partial charge in [-0.1, -0.05) is 18.2 Å². The van der Waals surface area contributed by atoms with Gasteiger partial charge in [-0.05, 0) is 48.7 Å². The highest BCUT2D eigenvalue weighted by Gasteiger charge is 2.10. The number of carbonyl (C=O) groups excluding carboxylic acids is 2. The third-order valence-corrected chi connectivity index (χ3v) is 3.85. The molecule has 0 aromatic heterocycles. The van der Waals surface area contributed by atoms with E-state index < -0.39 is 0 Å². The van der Waals surface area contributed by atoms with Gasteiger partial charge in [0.15, 0.2) is 0 Å². The van der Waals surface area contributed by atoms with Crippen molar-refractivity contribution in [3.63, 3.8) is 0 Å². The number of hydrogen-bond donors (Lipinski definition) is 2. The van der Waals surface area contributed by atoms with Gasteiger partial charge in [0.25, 0.3) is 0 Å². The predicted octanol–water partition coefficient (Wildman–Crippen LogP) is 2.70. The van der Waals surface area contributed by atoms with Crippen molar-refractivity contribution in [2.75, 3.05) is 26.1 Å². The molecule has 2 aromatic rings. The van der Waals surface area contributed by atoms with E-state index in [-0.39, 0.29) is 18.4 Å². The molecule has 0 unspecified atom stereocenters. The number of hydrogen-bond acceptors (Lipinski definition) is 4. The number of amides is 2. The first-order valence-corrected chi connectivity index (χ1v) is 8.36. The molecule has 26 heavy (non-hydrogen) atoms. The number of nitrogens with one attached hydrogen (secondary N) is 2. The number of benzene rings is 2. The molecule has 2 aromatic carbocycles. The lowest BCUT2D eigenvalue weighted by atomic mass is 10.1. The first-order chi connectivity index (χ1) is 12.5. The molecule has 0 spiro atoms. The van der Waals surface area contributed by atoms with Crippen molar-refractivity contribution in [2.45, 2.75) is 19.8 Å². The normalized spacial score (nSPS) is 10.1. The SMILES string of the molecule is COc1cccc(CCC(=O)NCC(=O)Nc2cc(C)ccc2OC)c1. The molecule has 138 valence electrons. The Balaban J connectivity index is 1.79. The van der Waals surface area contributed by atoms with Crippen molar-refractivity contribution in [3.05, 3.63) is 53.6 Å². The lowest BCUT2D eigenvalue weighted by molar-refractivity contribution is -0.124. The molecule has 6 heteroatoms. The molecule has 0 aliphatic heterocycles. The maximum Gasteiger partial charge on any atom is 0.243 e. The van der Waals surface area contributed by atoms with Crippen molar-refractivity contribution in [3.8, 4) is 11.5 Å². The van der Waals surface area contributed by atoms with Crippen LogP contribution in [0.3, 0.4) is 0 Å². The molecule has 0 saturated carbocycles. The standard InChI is InChI=1S/C20H24N2O4/c1-14-7-9-18(26-3)17(11-14)22-20(24)13-21-19(23)10-8-15-5-4-6-16(12-15)25-2/h4-7,9,11-12H,8,10,13H2,1-3H3,(H,21,23)(H,22,24). The average Bonchev–Trinajstić information content (AvgIpc) is 2.65. The van der Waals surface area contributed by atoms with E-state index in [1.807, 2.05) is 43.3 Å². The summed E-state index contributed by atoms with van der Waals surface area (Å²) in [4.78, 5) is 24.0. The summed E-state index contributed by atoms with van der Waals surface area (Å²) < 4.78 is 10.4. The van der Waals surface area contributed by atoms with Gasteiger partial charge < -0.3 is 20.1 Å². The van der Waals surface area contributed by atoms with Gasteiger partial charge in [0.2, 0.25) is 11.8 Å². The van der Waals surface area contributed by atoms with Gasteiger partial charge in [0.05, 0.1) is 26.5 Å². The molecule has 0 heterocycles.